The van der Waals surface area contributed by atoms with Gasteiger partial charge in [0.25, 0.3) is 0 Å². The number of anilines is 3. The fourth-order valence-electron chi connectivity index (χ4n) is 2.86. The van der Waals surface area contributed by atoms with Crippen molar-refractivity contribution in [1.82, 2.24) is 0 Å². The molecule has 2 aromatic rings. The fourth-order valence-corrected chi connectivity index (χ4v) is 3.33. The summed E-state index contributed by atoms with van der Waals surface area (Å²) in [6.07, 6.45) is 0.238. The Labute approximate surface area is 155 Å². The molecule has 3 rings (SSSR count). The van der Waals surface area contributed by atoms with Crippen LogP contribution < -0.4 is 15.5 Å². The van der Waals surface area contributed by atoms with Crippen LogP contribution in [0.4, 0.5) is 17.1 Å². The number of carbonyl (C=O) groups is 2. The zero-order chi connectivity index (χ0) is 18.0. The van der Waals surface area contributed by atoms with Crippen LogP contribution in [0.15, 0.2) is 42.5 Å². The third kappa shape index (κ3) is 3.89. The van der Waals surface area contributed by atoms with Crippen molar-refractivity contribution in [2.24, 2.45) is 0 Å². The summed E-state index contributed by atoms with van der Waals surface area (Å²) < 4.78 is 0. The van der Waals surface area contributed by atoms with Crippen molar-refractivity contribution in [3.63, 3.8) is 0 Å². The van der Waals surface area contributed by atoms with Gasteiger partial charge in [-0.2, -0.15) is 0 Å². The minimum Gasteiger partial charge on any atom is -0.375 e. The first kappa shape index (κ1) is 17.6. The van der Waals surface area contributed by atoms with Crippen LogP contribution in [0.25, 0.3) is 0 Å². The van der Waals surface area contributed by atoms with Crippen LogP contribution in [-0.4, -0.2) is 24.4 Å². The maximum atomic E-state index is 12.8. The summed E-state index contributed by atoms with van der Waals surface area (Å²) in [5.74, 6) is -0.258. The van der Waals surface area contributed by atoms with Gasteiger partial charge >= 0.3 is 0 Å². The molecule has 0 saturated carbocycles. The van der Waals surface area contributed by atoms with E-state index >= 15 is 0 Å². The Morgan fingerprint density at radius 2 is 2.04 bits per heavy atom. The molecule has 25 heavy (non-hydrogen) atoms. The molecule has 0 bridgehead atoms. The van der Waals surface area contributed by atoms with Crippen LogP contribution in [0, 0.1) is 0 Å². The number of carbonyl (C=O) groups excluding carboxylic acids is 2. The molecule has 1 aliphatic rings. The highest BCUT2D eigenvalue weighted by Gasteiger charge is 2.29. The van der Waals surface area contributed by atoms with Crippen molar-refractivity contribution in [3.05, 3.63) is 52.5 Å². The molecule has 2 amide bonds. The monoisotopic (exact) mass is 377 g/mol. The summed E-state index contributed by atoms with van der Waals surface area (Å²) in [5, 5.41) is 6.85. The molecule has 0 aromatic heterocycles. The Bertz CT molecular complexity index is 826. The van der Waals surface area contributed by atoms with Crippen LogP contribution in [-0.2, 0) is 9.59 Å². The molecule has 130 valence electrons. The molecule has 0 spiro atoms. The Hall–Kier alpha value is -2.24. The Morgan fingerprint density at radius 1 is 1.28 bits per heavy atom. The quantitative estimate of drug-likeness (QED) is 0.843. The normalized spacial score (nSPS) is 16.7. The van der Waals surface area contributed by atoms with E-state index in [1.807, 2.05) is 25.1 Å². The van der Waals surface area contributed by atoms with Crippen LogP contribution in [0.5, 0.6) is 0 Å². The van der Waals surface area contributed by atoms with Crippen molar-refractivity contribution in [1.29, 1.82) is 0 Å². The lowest BCUT2D eigenvalue weighted by atomic mass is 10.1. The predicted molar refractivity (Wildman–Crippen MR) is 102 cm³/mol. The van der Waals surface area contributed by atoms with E-state index in [-0.39, 0.29) is 30.8 Å². The molecule has 2 N–H and O–H groups in total. The van der Waals surface area contributed by atoms with E-state index in [9.17, 15) is 9.59 Å². The molecule has 2 aromatic carbocycles. The van der Waals surface area contributed by atoms with E-state index < -0.39 is 0 Å². The molecule has 0 saturated heterocycles. The molecule has 1 aliphatic heterocycles. The van der Waals surface area contributed by atoms with Gasteiger partial charge in [0.2, 0.25) is 11.8 Å². The maximum absolute atomic E-state index is 12.8. The van der Waals surface area contributed by atoms with Gasteiger partial charge < -0.3 is 15.5 Å². The average Bonchev–Trinajstić information content (AvgIpc) is 2.68. The topological polar surface area (TPSA) is 61.4 Å². The third-order valence-electron chi connectivity index (χ3n) is 3.99. The Kier molecular flexibility index (Phi) is 5.16. The standard InChI is InChI=1S/C18H17Cl2N3O2/c1-11-8-17(24)22-15-4-2-3-5-16(15)23(11)18(25)10-21-14-7-6-12(19)9-13(14)20/h2-7,9,11,21H,8,10H2,1H3,(H,22,24). The highest BCUT2D eigenvalue weighted by Crippen LogP contribution is 2.31. The van der Waals surface area contributed by atoms with Crippen molar-refractivity contribution >= 4 is 52.1 Å². The molecule has 1 unspecified atom stereocenters. The maximum Gasteiger partial charge on any atom is 0.246 e. The molecular weight excluding hydrogens is 361 g/mol. The number of hydrogen-bond donors (Lipinski definition) is 2. The first-order valence-electron chi connectivity index (χ1n) is 7.85. The fraction of sp³-hybridized carbons (Fsp3) is 0.222. The van der Waals surface area contributed by atoms with Gasteiger partial charge in [0.05, 0.1) is 28.6 Å². The van der Waals surface area contributed by atoms with Gasteiger partial charge in [-0.3, -0.25) is 9.59 Å². The molecule has 1 heterocycles. The molecule has 7 heteroatoms. The highest BCUT2D eigenvalue weighted by molar-refractivity contribution is 6.36. The number of rotatable bonds is 3. The summed E-state index contributed by atoms with van der Waals surface area (Å²) in [6, 6.07) is 12.1. The minimum absolute atomic E-state index is 0.0498. The first-order chi connectivity index (χ1) is 12.0. The van der Waals surface area contributed by atoms with Crippen molar-refractivity contribution < 1.29 is 9.59 Å². The number of fused-ring (bicyclic) bond motifs is 1. The number of hydrogen-bond acceptors (Lipinski definition) is 3. The summed E-state index contributed by atoms with van der Waals surface area (Å²) >= 11 is 12.0. The van der Waals surface area contributed by atoms with Gasteiger partial charge in [-0.25, -0.2) is 0 Å². The predicted octanol–water partition coefficient (Wildman–Crippen LogP) is 4.17. The second-order valence-electron chi connectivity index (χ2n) is 5.86. The number of nitrogens with zero attached hydrogens (tertiary/aromatic N) is 1. The van der Waals surface area contributed by atoms with Gasteiger partial charge in [-0.05, 0) is 37.3 Å². The van der Waals surface area contributed by atoms with Crippen molar-refractivity contribution in [3.8, 4) is 0 Å². The summed E-state index contributed by atoms with van der Waals surface area (Å²) in [5.41, 5.74) is 1.95. The van der Waals surface area contributed by atoms with Gasteiger partial charge in [0, 0.05) is 17.5 Å². The lowest BCUT2D eigenvalue weighted by Crippen LogP contribution is -2.42. The summed E-state index contributed by atoms with van der Waals surface area (Å²) in [4.78, 5) is 26.5. The average molecular weight is 378 g/mol. The second-order valence-corrected chi connectivity index (χ2v) is 6.70. The van der Waals surface area contributed by atoms with Crippen LogP contribution >= 0.6 is 23.2 Å². The second kappa shape index (κ2) is 7.33. The van der Waals surface area contributed by atoms with Gasteiger partial charge in [-0.15, -0.1) is 0 Å². The summed E-state index contributed by atoms with van der Waals surface area (Å²) in [6.45, 7) is 1.91. The summed E-state index contributed by atoms with van der Waals surface area (Å²) in [7, 11) is 0. The SMILES string of the molecule is CC1CC(=O)Nc2ccccc2N1C(=O)CNc1ccc(Cl)cc1Cl. The first-order valence-corrected chi connectivity index (χ1v) is 8.61. The number of halogens is 2. The van der Waals surface area contributed by atoms with Gasteiger partial charge in [-0.1, -0.05) is 35.3 Å². The number of nitrogens with one attached hydrogen (secondary N) is 2. The molecular formula is C18H17Cl2N3O2. The molecule has 0 radical (unpaired) electrons. The Balaban J connectivity index is 1.81. The van der Waals surface area contributed by atoms with E-state index in [1.54, 1.807) is 29.2 Å². The molecule has 1 atom stereocenters. The molecule has 0 fully saturated rings. The lowest BCUT2D eigenvalue weighted by molar-refractivity contribution is -0.118. The van der Waals surface area contributed by atoms with Gasteiger partial charge in [0.15, 0.2) is 0 Å². The smallest absolute Gasteiger partial charge is 0.246 e. The van der Waals surface area contributed by atoms with Gasteiger partial charge in [0.1, 0.15) is 0 Å². The number of benzene rings is 2. The zero-order valence-electron chi connectivity index (χ0n) is 13.6. The van der Waals surface area contributed by atoms with E-state index in [0.29, 0.717) is 27.1 Å². The molecule has 0 aliphatic carbocycles. The van der Waals surface area contributed by atoms with E-state index in [0.717, 1.165) is 0 Å². The largest absolute Gasteiger partial charge is 0.375 e. The van der Waals surface area contributed by atoms with E-state index in [1.165, 1.54) is 0 Å². The lowest BCUT2D eigenvalue weighted by Gasteiger charge is -2.28. The van der Waals surface area contributed by atoms with Crippen LogP contribution in [0.1, 0.15) is 13.3 Å². The van der Waals surface area contributed by atoms with Crippen LogP contribution in [0.2, 0.25) is 10.0 Å². The zero-order valence-corrected chi connectivity index (χ0v) is 15.1. The molecule has 5 nitrogen and oxygen atoms in total. The number of amides is 2. The third-order valence-corrected chi connectivity index (χ3v) is 4.54. The Morgan fingerprint density at radius 3 is 2.80 bits per heavy atom. The highest BCUT2D eigenvalue weighted by atomic mass is 35.5. The van der Waals surface area contributed by atoms with Crippen molar-refractivity contribution in [2.45, 2.75) is 19.4 Å². The minimum atomic E-state index is -0.251. The number of para-hydroxylation sites is 2. The van der Waals surface area contributed by atoms with E-state index in [4.69, 9.17) is 23.2 Å². The van der Waals surface area contributed by atoms with E-state index in [2.05, 4.69) is 10.6 Å². The van der Waals surface area contributed by atoms with Crippen LogP contribution in [0.3, 0.4) is 0 Å². The van der Waals surface area contributed by atoms with Crippen molar-refractivity contribution in [2.75, 3.05) is 22.1 Å².